The van der Waals surface area contributed by atoms with Gasteiger partial charge in [-0.15, -0.1) is 0 Å². The van der Waals surface area contributed by atoms with Gasteiger partial charge in [0.2, 0.25) is 0 Å². The normalized spacial score (nSPS) is 14.2. The van der Waals surface area contributed by atoms with Crippen molar-refractivity contribution in [2.45, 2.75) is 20.8 Å². The first-order valence-corrected chi connectivity index (χ1v) is 12.0. The molecule has 8 heteroatoms. The van der Waals surface area contributed by atoms with Crippen LogP contribution in [0.1, 0.15) is 23.6 Å². The molecule has 1 fully saturated rings. The Kier molecular flexibility index (Phi) is 7.80. The van der Waals surface area contributed by atoms with Gasteiger partial charge in [-0.05, 0) is 67.8 Å². The largest absolute Gasteiger partial charge is 0.490 e. The molecule has 0 spiro atoms. The molecule has 1 heterocycles. The van der Waals surface area contributed by atoms with Gasteiger partial charge in [0.1, 0.15) is 24.5 Å². The van der Waals surface area contributed by atoms with Gasteiger partial charge in [0.15, 0.2) is 11.5 Å². The molecule has 0 aromatic heterocycles. The van der Waals surface area contributed by atoms with E-state index in [1.165, 1.54) is 11.1 Å². The van der Waals surface area contributed by atoms with Crippen molar-refractivity contribution < 1.29 is 23.8 Å². The van der Waals surface area contributed by atoms with E-state index in [0.717, 1.165) is 16.9 Å². The maximum atomic E-state index is 12.9. The number of carbonyl (C=O) groups is 2. The smallest absolute Gasteiger partial charge is 0.282 e. The number of aryl methyl sites for hydroxylation is 2. The monoisotopic (exact) mass is 506 g/mol. The summed E-state index contributed by atoms with van der Waals surface area (Å²) < 4.78 is 17.6. The van der Waals surface area contributed by atoms with Crippen LogP contribution in [0.4, 0.5) is 5.69 Å². The molecule has 0 bridgehead atoms. The van der Waals surface area contributed by atoms with Crippen molar-refractivity contribution in [2.75, 3.05) is 24.8 Å². The summed E-state index contributed by atoms with van der Waals surface area (Å²) in [6, 6.07) is 18.2. The zero-order valence-corrected chi connectivity index (χ0v) is 21.1. The summed E-state index contributed by atoms with van der Waals surface area (Å²) in [5.74, 6) is 0.669. The maximum Gasteiger partial charge on any atom is 0.282 e. The van der Waals surface area contributed by atoms with Crippen molar-refractivity contribution in [3.05, 3.63) is 87.9 Å². The molecule has 1 aliphatic rings. The molecule has 3 aromatic carbocycles. The average Bonchev–Trinajstić information content (AvgIpc) is 3.13. The number of ether oxygens (including phenoxy) is 3. The fourth-order valence-corrected chi connectivity index (χ4v) is 4.15. The first kappa shape index (κ1) is 25.1. The van der Waals surface area contributed by atoms with Gasteiger partial charge in [-0.1, -0.05) is 48.0 Å². The van der Waals surface area contributed by atoms with Crippen LogP contribution in [0.25, 0.3) is 6.08 Å². The van der Waals surface area contributed by atoms with Crippen molar-refractivity contribution in [3.8, 4) is 17.2 Å². The molecule has 0 atom stereocenters. The Labute approximate surface area is 215 Å². The SMILES string of the molecule is CCOc1cc(C=C2C(=O)NN(c3ccccc3)C2=O)cc(Cl)c1OCCOc1c(C)cccc1C. The van der Waals surface area contributed by atoms with Gasteiger partial charge in [0.25, 0.3) is 11.8 Å². The number of nitrogens with zero attached hydrogens (tertiary/aromatic N) is 1. The summed E-state index contributed by atoms with van der Waals surface area (Å²) in [4.78, 5) is 25.4. The van der Waals surface area contributed by atoms with Gasteiger partial charge in [-0.2, -0.15) is 0 Å². The van der Waals surface area contributed by atoms with Gasteiger partial charge in [-0.25, -0.2) is 5.01 Å². The van der Waals surface area contributed by atoms with Crippen LogP contribution in [0, 0.1) is 13.8 Å². The fourth-order valence-electron chi connectivity index (χ4n) is 3.87. The van der Waals surface area contributed by atoms with Crippen LogP contribution in [0.5, 0.6) is 17.2 Å². The number of benzene rings is 3. The minimum absolute atomic E-state index is 0.00645. The van der Waals surface area contributed by atoms with Crippen molar-refractivity contribution in [1.29, 1.82) is 0 Å². The highest BCUT2D eigenvalue weighted by atomic mass is 35.5. The summed E-state index contributed by atoms with van der Waals surface area (Å²) in [6.45, 7) is 6.79. The number of hydrogen-bond acceptors (Lipinski definition) is 5. The zero-order chi connectivity index (χ0) is 25.7. The molecule has 0 saturated carbocycles. The third kappa shape index (κ3) is 5.47. The van der Waals surface area contributed by atoms with E-state index in [1.54, 1.807) is 36.4 Å². The molecule has 1 aliphatic heterocycles. The van der Waals surface area contributed by atoms with E-state index >= 15 is 0 Å². The number of hydrogen-bond donors (Lipinski definition) is 1. The Balaban J connectivity index is 1.50. The van der Waals surface area contributed by atoms with Crippen LogP contribution in [-0.4, -0.2) is 31.6 Å². The Morgan fingerprint density at radius 2 is 1.56 bits per heavy atom. The Morgan fingerprint density at radius 1 is 0.889 bits per heavy atom. The molecule has 7 nitrogen and oxygen atoms in total. The standard InChI is InChI=1S/C28H27ClN2O5/c1-4-34-24-17-20(15-22-27(32)30-31(28(22)33)21-11-6-5-7-12-21)16-23(29)26(24)36-14-13-35-25-18(2)9-8-10-19(25)3/h5-12,15-17H,4,13-14H2,1-3H3,(H,30,32). The highest BCUT2D eigenvalue weighted by Crippen LogP contribution is 2.37. The lowest BCUT2D eigenvalue weighted by molar-refractivity contribution is -0.117. The van der Waals surface area contributed by atoms with E-state index in [2.05, 4.69) is 5.43 Å². The Hall–Kier alpha value is -3.97. The van der Waals surface area contributed by atoms with E-state index in [4.69, 9.17) is 25.8 Å². The van der Waals surface area contributed by atoms with Crippen LogP contribution >= 0.6 is 11.6 Å². The number of hydrazine groups is 1. The number of rotatable bonds is 9. The third-order valence-electron chi connectivity index (χ3n) is 5.53. The van der Waals surface area contributed by atoms with Gasteiger partial charge in [0, 0.05) is 0 Å². The molecule has 1 saturated heterocycles. The summed E-state index contributed by atoms with van der Waals surface area (Å²) in [7, 11) is 0. The molecule has 0 unspecified atom stereocenters. The van der Waals surface area contributed by atoms with E-state index in [1.807, 2.05) is 45.0 Å². The number of halogens is 1. The predicted octanol–water partition coefficient (Wildman–Crippen LogP) is 5.27. The number of carbonyl (C=O) groups excluding carboxylic acids is 2. The van der Waals surface area contributed by atoms with E-state index in [-0.39, 0.29) is 12.2 Å². The number of nitrogens with one attached hydrogen (secondary N) is 1. The molecule has 0 aliphatic carbocycles. The topological polar surface area (TPSA) is 77.1 Å². The summed E-state index contributed by atoms with van der Waals surface area (Å²) in [6.07, 6.45) is 1.49. The minimum Gasteiger partial charge on any atom is -0.490 e. The third-order valence-corrected chi connectivity index (χ3v) is 5.81. The first-order chi connectivity index (χ1) is 17.4. The van der Waals surface area contributed by atoms with Crippen LogP contribution < -0.4 is 24.6 Å². The number of anilines is 1. The molecule has 186 valence electrons. The van der Waals surface area contributed by atoms with E-state index in [0.29, 0.717) is 41.0 Å². The predicted molar refractivity (Wildman–Crippen MR) is 140 cm³/mol. The molecule has 36 heavy (non-hydrogen) atoms. The quantitative estimate of drug-likeness (QED) is 0.243. The van der Waals surface area contributed by atoms with E-state index < -0.39 is 11.8 Å². The Bertz CT molecular complexity index is 1290. The fraction of sp³-hybridized carbons (Fsp3) is 0.214. The Morgan fingerprint density at radius 3 is 2.22 bits per heavy atom. The van der Waals surface area contributed by atoms with Crippen LogP contribution in [0.15, 0.2) is 66.2 Å². The zero-order valence-electron chi connectivity index (χ0n) is 20.3. The number of para-hydroxylation sites is 2. The van der Waals surface area contributed by atoms with Gasteiger partial charge in [-0.3, -0.25) is 15.0 Å². The summed E-state index contributed by atoms with van der Waals surface area (Å²) >= 11 is 6.53. The van der Waals surface area contributed by atoms with Gasteiger partial charge >= 0.3 is 0 Å². The maximum absolute atomic E-state index is 12.9. The molecule has 0 radical (unpaired) electrons. The molecular formula is C28H27ClN2O5. The van der Waals surface area contributed by atoms with Crippen molar-refractivity contribution in [2.24, 2.45) is 0 Å². The lowest BCUT2D eigenvalue weighted by Crippen LogP contribution is -2.35. The van der Waals surface area contributed by atoms with Crippen LogP contribution in [0.3, 0.4) is 0 Å². The average molecular weight is 507 g/mol. The van der Waals surface area contributed by atoms with Gasteiger partial charge in [0.05, 0.1) is 17.3 Å². The highest BCUT2D eigenvalue weighted by molar-refractivity contribution is 6.33. The second kappa shape index (κ2) is 11.2. The number of amides is 2. The second-order valence-electron chi connectivity index (χ2n) is 8.16. The lowest BCUT2D eigenvalue weighted by Gasteiger charge is -2.16. The van der Waals surface area contributed by atoms with Crippen LogP contribution in [-0.2, 0) is 9.59 Å². The molecular weight excluding hydrogens is 480 g/mol. The van der Waals surface area contributed by atoms with Gasteiger partial charge < -0.3 is 14.2 Å². The van der Waals surface area contributed by atoms with Crippen molar-refractivity contribution in [3.63, 3.8) is 0 Å². The minimum atomic E-state index is -0.498. The molecule has 2 amide bonds. The first-order valence-electron chi connectivity index (χ1n) is 11.6. The summed E-state index contributed by atoms with van der Waals surface area (Å²) in [5.41, 5.74) is 5.79. The van der Waals surface area contributed by atoms with Crippen molar-refractivity contribution >= 4 is 35.2 Å². The highest BCUT2D eigenvalue weighted by Gasteiger charge is 2.34. The lowest BCUT2D eigenvalue weighted by atomic mass is 10.1. The molecule has 1 N–H and O–H groups in total. The summed E-state index contributed by atoms with van der Waals surface area (Å²) in [5, 5.41) is 1.51. The van der Waals surface area contributed by atoms with Crippen molar-refractivity contribution in [1.82, 2.24) is 5.43 Å². The van der Waals surface area contributed by atoms with Crippen LogP contribution in [0.2, 0.25) is 5.02 Å². The molecule has 4 rings (SSSR count). The van der Waals surface area contributed by atoms with E-state index in [9.17, 15) is 9.59 Å². The second-order valence-corrected chi connectivity index (χ2v) is 8.56. The molecule has 3 aromatic rings.